The van der Waals surface area contributed by atoms with Crippen LogP contribution in [0.4, 0.5) is 13.2 Å². The number of alkyl halides is 3. The van der Waals surface area contributed by atoms with Gasteiger partial charge in [0.05, 0.1) is 11.3 Å². The van der Waals surface area contributed by atoms with E-state index in [1.807, 2.05) is 6.07 Å². The van der Waals surface area contributed by atoms with E-state index >= 15 is 0 Å². The van der Waals surface area contributed by atoms with E-state index in [1.165, 1.54) is 0 Å². The summed E-state index contributed by atoms with van der Waals surface area (Å²) in [7, 11) is 0. The molecule has 0 saturated heterocycles. The van der Waals surface area contributed by atoms with E-state index in [1.54, 1.807) is 48.5 Å². The molecule has 0 atom stereocenters. The maximum atomic E-state index is 13.6. The average molecular weight is 312 g/mol. The average Bonchev–Trinajstić information content (AvgIpc) is 2.92. The normalized spacial score (nSPS) is 12.1. The second-order valence-corrected chi connectivity index (χ2v) is 5.31. The van der Waals surface area contributed by atoms with Gasteiger partial charge in [-0.25, -0.2) is 4.98 Å². The number of pyridine rings is 1. The third-order valence-electron chi connectivity index (χ3n) is 3.84. The Balaban J connectivity index is 2.12. The van der Waals surface area contributed by atoms with Crippen LogP contribution in [-0.2, 0) is 6.18 Å². The van der Waals surface area contributed by atoms with Crippen LogP contribution in [0.3, 0.4) is 0 Å². The van der Waals surface area contributed by atoms with Gasteiger partial charge in [0, 0.05) is 21.9 Å². The van der Waals surface area contributed by atoms with Crippen LogP contribution < -0.4 is 0 Å². The summed E-state index contributed by atoms with van der Waals surface area (Å²) in [5, 5.41) is 0.648. The van der Waals surface area contributed by atoms with Gasteiger partial charge < -0.3 is 4.98 Å². The van der Waals surface area contributed by atoms with Crippen molar-refractivity contribution in [2.45, 2.75) is 6.18 Å². The zero-order chi connectivity index (χ0) is 16.0. The van der Waals surface area contributed by atoms with Gasteiger partial charge in [-0.2, -0.15) is 13.2 Å². The number of nitrogens with one attached hydrogen (secondary N) is 1. The highest BCUT2D eigenvalue weighted by atomic mass is 19.4. The summed E-state index contributed by atoms with van der Waals surface area (Å²) in [6.45, 7) is 0. The number of para-hydroxylation sites is 1. The lowest BCUT2D eigenvalue weighted by atomic mass is 10.0. The summed E-state index contributed by atoms with van der Waals surface area (Å²) < 4.78 is 40.7. The molecule has 0 spiro atoms. The number of rotatable bonds is 1. The third kappa shape index (κ3) is 2.25. The Bertz CT molecular complexity index is 1000. The Morgan fingerprint density at radius 2 is 1.57 bits per heavy atom. The molecular formula is C18H11F3N2. The van der Waals surface area contributed by atoms with Crippen molar-refractivity contribution in [3.05, 3.63) is 66.2 Å². The lowest BCUT2D eigenvalue weighted by molar-refractivity contribution is -0.136. The number of hydrogen-bond donors (Lipinski definition) is 1. The van der Waals surface area contributed by atoms with Crippen molar-refractivity contribution < 1.29 is 13.2 Å². The second-order valence-electron chi connectivity index (χ2n) is 5.31. The van der Waals surface area contributed by atoms with Gasteiger partial charge in [-0.15, -0.1) is 0 Å². The zero-order valence-corrected chi connectivity index (χ0v) is 11.9. The van der Waals surface area contributed by atoms with Gasteiger partial charge in [0.1, 0.15) is 5.65 Å². The van der Waals surface area contributed by atoms with Crippen molar-refractivity contribution in [1.82, 2.24) is 9.97 Å². The van der Waals surface area contributed by atoms with Crippen molar-refractivity contribution in [3.63, 3.8) is 0 Å². The molecule has 114 valence electrons. The van der Waals surface area contributed by atoms with Crippen molar-refractivity contribution in [1.29, 1.82) is 0 Å². The summed E-state index contributed by atoms with van der Waals surface area (Å²) >= 11 is 0. The number of aromatic amines is 1. The van der Waals surface area contributed by atoms with Crippen LogP contribution in [0, 0.1) is 0 Å². The molecule has 0 bridgehead atoms. The molecule has 0 radical (unpaired) electrons. The predicted octanol–water partition coefficient (Wildman–Crippen LogP) is 5.40. The van der Waals surface area contributed by atoms with Gasteiger partial charge >= 0.3 is 6.18 Å². The summed E-state index contributed by atoms with van der Waals surface area (Å²) in [5.74, 6) is 0. The number of benzene rings is 2. The van der Waals surface area contributed by atoms with Gasteiger partial charge in [-0.1, -0.05) is 48.5 Å². The molecule has 0 aliphatic heterocycles. The van der Waals surface area contributed by atoms with Crippen LogP contribution in [-0.4, -0.2) is 9.97 Å². The maximum absolute atomic E-state index is 13.6. The number of halogens is 3. The predicted molar refractivity (Wildman–Crippen MR) is 84.0 cm³/mol. The highest BCUT2D eigenvalue weighted by Gasteiger charge is 2.34. The van der Waals surface area contributed by atoms with Gasteiger partial charge in [-0.05, 0) is 12.1 Å². The summed E-state index contributed by atoms with van der Waals surface area (Å²) in [5.41, 5.74) is 1.18. The van der Waals surface area contributed by atoms with Gasteiger partial charge in [-0.3, -0.25) is 0 Å². The topological polar surface area (TPSA) is 28.7 Å². The van der Waals surface area contributed by atoms with Crippen LogP contribution in [0.2, 0.25) is 0 Å². The van der Waals surface area contributed by atoms with Crippen molar-refractivity contribution in [3.8, 4) is 11.3 Å². The number of aromatic nitrogens is 2. The molecule has 0 amide bonds. The first-order valence-corrected chi connectivity index (χ1v) is 7.08. The molecule has 5 heteroatoms. The largest absolute Gasteiger partial charge is 0.417 e. The van der Waals surface area contributed by atoms with E-state index in [2.05, 4.69) is 9.97 Å². The van der Waals surface area contributed by atoms with Crippen LogP contribution in [0.15, 0.2) is 60.7 Å². The molecule has 0 unspecified atom stereocenters. The second kappa shape index (κ2) is 4.84. The Kier molecular flexibility index (Phi) is 2.91. The monoisotopic (exact) mass is 312 g/mol. The number of nitrogens with zero attached hydrogens (tertiary/aromatic N) is 1. The van der Waals surface area contributed by atoms with Crippen LogP contribution >= 0.6 is 0 Å². The van der Waals surface area contributed by atoms with Crippen molar-refractivity contribution >= 4 is 21.9 Å². The maximum Gasteiger partial charge on any atom is 0.417 e. The highest BCUT2D eigenvalue weighted by molar-refractivity contribution is 6.08. The molecule has 0 fully saturated rings. The molecule has 0 aliphatic carbocycles. The number of H-pyrrole nitrogens is 1. The fraction of sp³-hybridized carbons (Fsp3) is 0.0556. The number of fused-ring (bicyclic) bond motifs is 3. The Morgan fingerprint density at radius 1 is 0.870 bits per heavy atom. The first-order valence-electron chi connectivity index (χ1n) is 7.08. The SMILES string of the molecule is FC(F)(F)c1cc(-c2ccccc2)nc2[nH]c3ccccc3c12. The Hall–Kier alpha value is -2.82. The van der Waals surface area contributed by atoms with E-state index in [0.717, 1.165) is 6.07 Å². The lowest BCUT2D eigenvalue weighted by Crippen LogP contribution is -2.06. The molecule has 23 heavy (non-hydrogen) atoms. The molecule has 2 aromatic heterocycles. The molecule has 2 nitrogen and oxygen atoms in total. The standard InChI is InChI=1S/C18H11F3N2/c19-18(20,21)13-10-15(11-6-2-1-3-7-11)23-17-16(13)12-8-4-5-9-14(12)22-17/h1-10H,(H,22,23). The summed E-state index contributed by atoms with van der Waals surface area (Å²) in [6.07, 6.45) is -4.45. The van der Waals surface area contributed by atoms with Crippen LogP contribution in [0.5, 0.6) is 0 Å². The van der Waals surface area contributed by atoms with E-state index in [0.29, 0.717) is 22.2 Å². The van der Waals surface area contributed by atoms with E-state index < -0.39 is 11.7 Å². The molecule has 0 saturated carbocycles. The first kappa shape index (κ1) is 13.8. The van der Waals surface area contributed by atoms with Crippen molar-refractivity contribution in [2.75, 3.05) is 0 Å². The van der Waals surface area contributed by atoms with Gasteiger partial charge in [0.25, 0.3) is 0 Å². The quantitative estimate of drug-likeness (QED) is 0.501. The third-order valence-corrected chi connectivity index (χ3v) is 3.84. The zero-order valence-electron chi connectivity index (χ0n) is 11.9. The van der Waals surface area contributed by atoms with E-state index in [9.17, 15) is 13.2 Å². The Labute approximate surface area is 129 Å². The number of hydrogen-bond acceptors (Lipinski definition) is 1. The highest BCUT2D eigenvalue weighted by Crippen LogP contribution is 2.39. The molecule has 2 aromatic carbocycles. The van der Waals surface area contributed by atoms with Crippen LogP contribution in [0.25, 0.3) is 33.2 Å². The summed E-state index contributed by atoms with van der Waals surface area (Å²) in [6, 6.07) is 16.9. The molecule has 0 aliphatic rings. The fourth-order valence-corrected chi connectivity index (χ4v) is 2.83. The molecule has 1 N–H and O–H groups in total. The van der Waals surface area contributed by atoms with E-state index in [4.69, 9.17) is 0 Å². The smallest absolute Gasteiger partial charge is 0.339 e. The minimum atomic E-state index is -4.45. The van der Waals surface area contributed by atoms with Gasteiger partial charge in [0.15, 0.2) is 0 Å². The molecule has 2 heterocycles. The van der Waals surface area contributed by atoms with E-state index in [-0.39, 0.29) is 11.0 Å². The minimum Gasteiger partial charge on any atom is -0.339 e. The van der Waals surface area contributed by atoms with Crippen molar-refractivity contribution in [2.24, 2.45) is 0 Å². The van der Waals surface area contributed by atoms with Gasteiger partial charge in [0.2, 0.25) is 0 Å². The molecule has 4 rings (SSSR count). The summed E-state index contributed by atoms with van der Waals surface area (Å²) in [4.78, 5) is 7.39. The minimum absolute atomic E-state index is 0.118. The van der Waals surface area contributed by atoms with Crippen LogP contribution in [0.1, 0.15) is 5.56 Å². The fourth-order valence-electron chi connectivity index (χ4n) is 2.83. The molecule has 4 aromatic rings. The first-order chi connectivity index (χ1) is 11.0. The lowest BCUT2D eigenvalue weighted by Gasteiger charge is -2.11. The Morgan fingerprint density at radius 3 is 2.30 bits per heavy atom. The molecular weight excluding hydrogens is 301 g/mol.